The molecule has 0 saturated carbocycles. The van der Waals surface area contributed by atoms with Crippen LogP contribution in [0, 0.1) is 0 Å². The van der Waals surface area contributed by atoms with Gasteiger partial charge in [-0.1, -0.05) is 76.6 Å². The van der Waals surface area contributed by atoms with Crippen molar-refractivity contribution >= 4 is 23.2 Å². The van der Waals surface area contributed by atoms with E-state index in [0.717, 1.165) is 51.4 Å². The summed E-state index contributed by atoms with van der Waals surface area (Å²) in [5.74, 6) is 0. The van der Waals surface area contributed by atoms with Gasteiger partial charge in [-0.15, -0.1) is 0 Å². The van der Waals surface area contributed by atoms with Gasteiger partial charge in [0.15, 0.2) is 5.15 Å². The van der Waals surface area contributed by atoms with Gasteiger partial charge in [0, 0.05) is 26.4 Å². The fraction of sp³-hybridized carbons (Fsp3) is 0.846. The smallest absolute Gasteiger partial charge is 0.155 e. The van der Waals surface area contributed by atoms with Crippen LogP contribution in [0.2, 0.25) is 10.3 Å². The van der Waals surface area contributed by atoms with Crippen molar-refractivity contribution < 1.29 is 23.7 Å². The van der Waals surface area contributed by atoms with Crippen LogP contribution in [0.1, 0.15) is 90.9 Å². The van der Waals surface area contributed by atoms with E-state index in [1.54, 1.807) is 0 Å². The van der Waals surface area contributed by atoms with E-state index < -0.39 is 12.2 Å². The number of ether oxygens (including phenoxy) is 5. The third kappa shape index (κ3) is 10.0. The van der Waals surface area contributed by atoms with Crippen molar-refractivity contribution in [2.24, 2.45) is 0 Å². The molecule has 1 saturated heterocycles. The minimum Gasteiger partial charge on any atom is -0.379 e. The molecule has 2 rings (SSSR count). The Morgan fingerprint density at radius 3 is 1.89 bits per heavy atom. The predicted molar refractivity (Wildman–Crippen MR) is 139 cm³/mol. The SMILES string of the molecule is CCCCOC[C@H]1O[C@@H](c2ncc(Cl)nc2Cl)[C@H](OCCCC)[C@@H](OCCCC)[C@@H]1OCCCC. The topological polar surface area (TPSA) is 71.9 Å². The van der Waals surface area contributed by atoms with E-state index in [-0.39, 0.29) is 28.6 Å². The van der Waals surface area contributed by atoms with Crippen molar-refractivity contribution in [2.75, 3.05) is 33.0 Å². The van der Waals surface area contributed by atoms with Gasteiger partial charge in [0.2, 0.25) is 0 Å². The first kappa shape index (κ1) is 30.7. The van der Waals surface area contributed by atoms with Gasteiger partial charge in [0.05, 0.1) is 12.8 Å². The summed E-state index contributed by atoms with van der Waals surface area (Å²) in [5, 5.41) is 0.434. The van der Waals surface area contributed by atoms with Crippen molar-refractivity contribution in [1.29, 1.82) is 0 Å². The quantitative estimate of drug-likeness (QED) is 0.196. The summed E-state index contributed by atoms with van der Waals surface area (Å²) in [4.78, 5) is 8.69. The average Bonchev–Trinajstić information content (AvgIpc) is 2.84. The van der Waals surface area contributed by atoms with Crippen LogP contribution < -0.4 is 0 Å². The Morgan fingerprint density at radius 1 is 0.771 bits per heavy atom. The van der Waals surface area contributed by atoms with E-state index >= 15 is 0 Å². The van der Waals surface area contributed by atoms with E-state index in [9.17, 15) is 0 Å². The van der Waals surface area contributed by atoms with Crippen LogP contribution in [-0.2, 0) is 23.7 Å². The molecule has 2 heterocycles. The maximum atomic E-state index is 6.61. The molecule has 0 unspecified atom stereocenters. The van der Waals surface area contributed by atoms with E-state index in [1.165, 1.54) is 6.20 Å². The molecule has 1 aromatic rings. The lowest BCUT2D eigenvalue weighted by Gasteiger charge is -2.46. The molecular formula is C26H44Cl2N2O5. The molecule has 0 amide bonds. The molecule has 0 spiro atoms. The summed E-state index contributed by atoms with van der Waals surface area (Å²) in [6.45, 7) is 11.4. The minimum atomic E-state index is -0.582. The Balaban J connectivity index is 2.40. The lowest BCUT2D eigenvalue weighted by molar-refractivity contribution is -0.269. The van der Waals surface area contributed by atoms with Gasteiger partial charge in [0.1, 0.15) is 41.4 Å². The van der Waals surface area contributed by atoms with Crippen LogP contribution in [0.5, 0.6) is 0 Å². The van der Waals surface area contributed by atoms with Gasteiger partial charge in [0.25, 0.3) is 0 Å². The van der Waals surface area contributed by atoms with Gasteiger partial charge < -0.3 is 23.7 Å². The lowest BCUT2D eigenvalue weighted by atomic mass is 9.92. The highest BCUT2D eigenvalue weighted by Crippen LogP contribution is 2.39. The minimum absolute atomic E-state index is 0.204. The van der Waals surface area contributed by atoms with Gasteiger partial charge in [-0.3, -0.25) is 4.98 Å². The van der Waals surface area contributed by atoms with Crippen LogP contribution >= 0.6 is 23.2 Å². The predicted octanol–water partition coefficient (Wildman–Crippen LogP) is 6.60. The molecule has 9 heteroatoms. The van der Waals surface area contributed by atoms with Gasteiger partial charge in [-0.2, -0.15) is 0 Å². The van der Waals surface area contributed by atoms with Crippen LogP contribution in [0.3, 0.4) is 0 Å². The zero-order chi connectivity index (χ0) is 25.5. The van der Waals surface area contributed by atoms with E-state index in [2.05, 4.69) is 37.7 Å². The second-order valence-corrected chi connectivity index (χ2v) is 9.70. The summed E-state index contributed by atoms with van der Waals surface area (Å²) in [6, 6.07) is 0. The molecule has 0 N–H and O–H groups in total. The van der Waals surface area contributed by atoms with Gasteiger partial charge >= 0.3 is 0 Å². The molecule has 0 radical (unpaired) electrons. The lowest BCUT2D eigenvalue weighted by Crippen LogP contribution is -2.58. The molecule has 1 fully saturated rings. The summed E-state index contributed by atoms with van der Waals surface area (Å²) < 4.78 is 31.9. The number of unbranched alkanes of at least 4 members (excludes halogenated alkanes) is 4. The number of rotatable bonds is 18. The highest BCUT2D eigenvalue weighted by molar-refractivity contribution is 6.32. The average molecular weight is 536 g/mol. The first-order valence-electron chi connectivity index (χ1n) is 13.3. The molecule has 0 bridgehead atoms. The molecule has 1 aliphatic heterocycles. The Hall–Kier alpha value is -0.540. The highest BCUT2D eigenvalue weighted by Gasteiger charge is 2.49. The maximum absolute atomic E-state index is 6.61. The molecule has 0 aliphatic carbocycles. The van der Waals surface area contributed by atoms with E-state index in [0.29, 0.717) is 38.7 Å². The first-order chi connectivity index (χ1) is 17.1. The molecule has 1 aliphatic rings. The van der Waals surface area contributed by atoms with Gasteiger partial charge in [-0.25, -0.2) is 4.98 Å². The second-order valence-electron chi connectivity index (χ2n) is 8.96. The normalized spacial score (nSPS) is 24.7. The monoisotopic (exact) mass is 534 g/mol. The molecule has 5 atom stereocenters. The maximum Gasteiger partial charge on any atom is 0.155 e. The number of hydrogen-bond donors (Lipinski definition) is 0. The molecule has 202 valence electrons. The Morgan fingerprint density at radius 2 is 1.31 bits per heavy atom. The summed E-state index contributed by atoms with van der Waals surface area (Å²) in [7, 11) is 0. The highest BCUT2D eigenvalue weighted by atomic mass is 35.5. The number of aromatic nitrogens is 2. The van der Waals surface area contributed by atoms with Crippen LogP contribution in [0.15, 0.2) is 6.20 Å². The molecular weight excluding hydrogens is 491 g/mol. The Kier molecular flexibility index (Phi) is 15.6. The van der Waals surface area contributed by atoms with Gasteiger partial charge in [-0.05, 0) is 25.7 Å². The molecule has 0 aromatic carbocycles. The van der Waals surface area contributed by atoms with Crippen molar-refractivity contribution in [3.8, 4) is 0 Å². The zero-order valence-corrected chi connectivity index (χ0v) is 23.4. The van der Waals surface area contributed by atoms with Crippen molar-refractivity contribution in [2.45, 2.75) is 110 Å². The number of halogens is 2. The van der Waals surface area contributed by atoms with E-state index in [1.807, 2.05) is 0 Å². The summed E-state index contributed by atoms with van der Waals surface area (Å²) in [6.07, 6.45) is 7.39. The Labute approximate surface area is 221 Å². The van der Waals surface area contributed by atoms with Crippen molar-refractivity contribution in [3.63, 3.8) is 0 Å². The first-order valence-corrected chi connectivity index (χ1v) is 14.1. The summed E-state index contributed by atoms with van der Waals surface area (Å²) >= 11 is 12.5. The fourth-order valence-corrected chi connectivity index (χ4v) is 4.35. The Bertz CT molecular complexity index is 700. The van der Waals surface area contributed by atoms with Crippen LogP contribution in [0.25, 0.3) is 0 Å². The third-order valence-electron chi connectivity index (χ3n) is 5.98. The summed E-state index contributed by atoms with van der Waals surface area (Å²) in [5.41, 5.74) is 0.493. The fourth-order valence-electron chi connectivity index (χ4n) is 3.93. The van der Waals surface area contributed by atoms with Crippen LogP contribution in [0.4, 0.5) is 0 Å². The molecule has 7 nitrogen and oxygen atoms in total. The second kappa shape index (κ2) is 17.8. The number of nitrogens with zero attached hydrogens (tertiary/aromatic N) is 2. The standard InChI is InChI=1S/C26H44Cl2N2O5/c1-5-9-13-31-18-19-22(32-14-10-6-2)24(33-15-11-7-3)25(34-16-12-8-4)23(35-19)21-26(28)30-20(27)17-29-21/h17,19,22-25H,5-16,18H2,1-4H3/t19-,22-,23+,24+,25+/m1/s1. The zero-order valence-electron chi connectivity index (χ0n) is 21.8. The molecule has 35 heavy (non-hydrogen) atoms. The van der Waals surface area contributed by atoms with E-state index in [4.69, 9.17) is 46.9 Å². The third-order valence-corrected chi connectivity index (χ3v) is 6.44. The van der Waals surface area contributed by atoms with Crippen molar-refractivity contribution in [3.05, 3.63) is 22.2 Å². The number of hydrogen-bond acceptors (Lipinski definition) is 7. The molecule has 1 aromatic heterocycles. The van der Waals surface area contributed by atoms with Crippen molar-refractivity contribution in [1.82, 2.24) is 9.97 Å². The van der Waals surface area contributed by atoms with Crippen LogP contribution in [-0.4, -0.2) is 67.4 Å². The largest absolute Gasteiger partial charge is 0.379 e.